The first-order chi connectivity index (χ1) is 15.0. The molecule has 0 atom stereocenters. The molecule has 0 unspecified atom stereocenters. The zero-order valence-corrected chi connectivity index (χ0v) is 18.5. The Balaban J connectivity index is 1.66. The molecule has 0 saturated carbocycles. The molecule has 0 saturated heterocycles. The molecule has 0 aliphatic rings. The van der Waals surface area contributed by atoms with Crippen molar-refractivity contribution in [2.75, 3.05) is 19.5 Å². The fraction of sp³-hybridized carbons (Fsp3) is 0.125. The van der Waals surface area contributed by atoms with Crippen LogP contribution in [0, 0.1) is 0 Å². The molecule has 3 aromatic carbocycles. The minimum absolute atomic E-state index is 0.317. The lowest BCUT2D eigenvalue weighted by atomic mass is 10.2. The van der Waals surface area contributed by atoms with Crippen LogP contribution in [0.1, 0.15) is 11.1 Å². The summed E-state index contributed by atoms with van der Waals surface area (Å²) >= 11 is 11.9. The van der Waals surface area contributed by atoms with Crippen molar-refractivity contribution in [3.63, 3.8) is 0 Å². The molecule has 1 N–H and O–H groups in total. The molecule has 0 aliphatic carbocycles. The molecule has 0 heterocycles. The summed E-state index contributed by atoms with van der Waals surface area (Å²) < 4.78 is 16.5. The maximum absolute atomic E-state index is 12.3. The highest BCUT2D eigenvalue weighted by atomic mass is 35.5. The van der Waals surface area contributed by atoms with Gasteiger partial charge in [-0.2, -0.15) is 0 Å². The second kappa shape index (κ2) is 10.8. The van der Waals surface area contributed by atoms with E-state index in [0.29, 0.717) is 39.6 Å². The van der Waals surface area contributed by atoms with Gasteiger partial charge in [0.2, 0.25) is 5.91 Å². The lowest BCUT2D eigenvalue weighted by molar-refractivity contribution is -0.111. The van der Waals surface area contributed by atoms with Gasteiger partial charge in [-0.15, -0.1) is 0 Å². The normalized spacial score (nSPS) is 10.7. The fourth-order valence-electron chi connectivity index (χ4n) is 2.77. The first kappa shape index (κ1) is 22.5. The molecule has 0 radical (unpaired) electrons. The number of nitrogens with one attached hydrogen (secondary N) is 1. The van der Waals surface area contributed by atoms with Crippen LogP contribution in [-0.2, 0) is 11.4 Å². The molecular formula is C24H21Cl2NO4. The highest BCUT2D eigenvalue weighted by Gasteiger charge is 2.08. The molecule has 0 fully saturated rings. The van der Waals surface area contributed by atoms with Crippen molar-refractivity contribution in [2.24, 2.45) is 0 Å². The van der Waals surface area contributed by atoms with Crippen LogP contribution in [0.4, 0.5) is 5.69 Å². The number of benzene rings is 3. The SMILES string of the molecule is COc1ccc(Cl)cc1NC(=O)/C=C/c1ccc(OCc2ccc(Cl)cc2)c(OC)c1. The zero-order valence-electron chi connectivity index (χ0n) is 17.0. The topological polar surface area (TPSA) is 56.8 Å². The van der Waals surface area contributed by atoms with Gasteiger partial charge in [0, 0.05) is 16.1 Å². The Morgan fingerprint density at radius 3 is 2.26 bits per heavy atom. The van der Waals surface area contributed by atoms with E-state index in [1.165, 1.54) is 13.2 Å². The van der Waals surface area contributed by atoms with Gasteiger partial charge in [-0.1, -0.05) is 41.4 Å². The lowest BCUT2D eigenvalue weighted by Crippen LogP contribution is -2.08. The van der Waals surface area contributed by atoms with Crippen molar-refractivity contribution < 1.29 is 19.0 Å². The number of anilines is 1. The highest BCUT2D eigenvalue weighted by molar-refractivity contribution is 6.31. The standard InChI is InChI=1S/C24H21Cl2NO4/c1-29-21-11-9-19(26)14-20(21)27-24(28)12-6-16-5-10-22(23(13-16)30-2)31-15-17-3-7-18(25)8-4-17/h3-14H,15H2,1-2H3,(H,27,28)/b12-6+. The van der Waals surface area contributed by atoms with Crippen LogP contribution in [-0.4, -0.2) is 20.1 Å². The van der Waals surface area contributed by atoms with Gasteiger partial charge in [0.25, 0.3) is 0 Å². The van der Waals surface area contributed by atoms with Crippen LogP contribution in [0.2, 0.25) is 10.0 Å². The first-order valence-electron chi connectivity index (χ1n) is 9.36. The number of hydrogen-bond donors (Lipinski definition) is 1. The summed E-state index contributed by atoms with van der Waals surface area (Å²) in [7, 11) is 3.09. The summed E-state index contributed by atoms with van der Waals surface area (Å²) in [5.41, 5.74) is 2.26. The Morgan fingerprint density at radius 1 is 0.871 bits per heavy atom. The fourth-order valence-corrected chi connectivity index (χ4v) is 3.07. The zero-order chi connectivity index (χ0) is 22.2. The summed E-state index contributed by atoms with van der Waals surface area (Å²) in [4.78, 5) is 12.3. The molecule has 0 bridgehead atoms. The Bertz CT molecular complexity index is 1080. The molecule has 7 heteroatoms. The third-order valence-electron chi connectivity index (χ3n) is 4.34. The van der Waals surface area contributed by atoms with Crippen LogP contribution in [0.15, 0.2) is 66.7 Å². The van der Waals surface area contributed by atoms with Crippen LogP contribution in [0.5, 0.6) is 17.2 Å². The number of carbonyl (C=O) groups is 1. The van der Waals surface area contributed by atoms with Crippen LogP contribution in [0.25, 0.3) is 6.08 Å². The van der Waals surface area contributed by atoms with E-state index in [9.17, 15) is 4.79 Å². The molecule has 0 aromatic heterocycles. The summed E-state index contributed by atoms with van der Waals surface area (Å²) in [5.74, 6) is 1.37. The van der Waals surface area contributed by atoms with Gasteiger partial charge in [0.1, 0.15) is 12.4 Å². The number of rotatable bonds is 8. The average Bonchev–Trinajstić information content (AvgIpc) is 2.77. The van der Waals surface area contributed by atoms with E-state index < -0.39 is 0 Å². The van der Waals surface area contributed by atoms with E-state index in [-0.39, 0.29) is 5.91 Å². The average molecular weight is 458 g/mol. The number of methoxy groups -OCH3 is 2. The maximum Gasteiger partial charge on any atom is 0.248 e. The molecule has 160 valence electrons. The van der Waals surface area contributed by atoms with Crippen molar-refractivity contribution in [3.05, 3.63) is 87.9 Å². The number of amides is 1. The van der Waals surface area contributed by atoms with Gasteiger partial charge in [0.05, 0.1) is 19.9 Å². The Kier molecular flexibility index (Phi) is 7.82. The van der Waals surface area contributed by atoms with E-state index >= 15 is 0 Å². The number of halogens is 2. The monoisotopic (exact) mass is 457 g/mol. The predicted molar refractivity (Wildman–Crippen MR) is 124 cm³/mol. The second-order valence-corrected chi connectivity index (χ2v) is 7.37. The quantitative estimate of drug-likeness (QED) is 0.406. The minimum Gasteiger partial charge on any atom is -0.495 e. The van der Waals surface area contributed by atoms with E-state index in [2.05, 4.69) is 5.32 Å². The second-order valence-electron chi connectivity index (χ2n) is 6.49. The van der Waals surface area contributed by atoms with Gasteiger partial charge in [-0.3, -0.25) is 4.79 Å². The van der Waals surface area contributed by atoms with Crippen LogP contribution in [0.3, 0.4) is 0 Å². The Hall–Kier alpha value is -3.15. The smallest absolute Gasteiger partial charge is 0.248 e. The molecule has 3 aromatic rings. The minimum atomic E-state index is -0.317. The largest absolute Gasteiger partial charge is 0.495 e. The lowest BCUT2D eigenvalue weighted by Gasteiger charge is -2.11. The van der Waals surface area contributed by atoms with E-state index in [4.69, 9.17) is 37.4 Å². The Morgan fingerprint density at radius 2 is 1.55 bits per heavy atom. The number of ether oxygens (including phenoxy) is 3. The van der Waals surface area contributed by atoms with Crippen molar-refractivity contribution >= 4 is 40.9 Å². The van der Waals surface area contributed by atoms with Crippen LogP contribution < -0.4 is 19.5 Å². The molecular weight excluding hydrogens is 437 g/mol. The van der Waals surface area contributed by atoms with Gasteiger partial charge < -0.3 is 19.5 Å². The van der Waals surface area contributed by atoms with E-state index in [0.717, 1.165) is 11.1 Å². The molecule has 31 heavy (non-hydrogen) atoms. The summed E-state index contributed by atoms with van der Waals surface area (Å²) in [6.07, 6.45) is 3.10. The van der Waals surface area contributed by atoms with Gasteiger partial charge in [0.15, 0.2) is 11.5 Å². The Labute approximate surface area is 191 Å². The maximum atomic E-state index is 12.3. The third-order valence-corrected chi connectivity index (χ3v) is 4.83. The third kappa shape index (κ3) is 6.41. The molecule has 1 amide bonds. The predicted octanol–water partition coefficient (Wildman–Crippen LogP) is 6.24. The van der Waals surface area contributed by atoms with Crippen molar-refractivity contribution in [1.29, 1.82) is 0 Å². The van der Waals surface area contributed by atoms with E-state index in [1.54, 1.807) is 43.5 Å². The molecule has 0 spiro atoms. The first-order valence-corrected chi connectivity index (χ1v) is 10.1. The highest BCUT2D eigenvalue weighted by Crippen LogP contribution is 2.30. The van der Waals surface area contributed by atoms with Crippen molar-refractivity contribution in [3.8, 4) is 17.2 Å². The van der Waals surface area contributed by atoms with Gasteiger partial charge >= 0.3 is 0 Å². The molecule has 0 aliphatic heterocycles. The summed E-state index contributed by atoms with van der Waals surface area (Å²) in [5, 5.41) is 3.93. The van der Waals surface area contributed by atoms with Crippen LogP contribution >= 0.6 is 23.2 Å². The molecule has 5 nitrogen and oxygen atoms in total. The van der Waals surface area contributed by atoms with Crippen molar-refractivity contribution in [2.45, 2.75) is 6.61 Å². The summed E-state index contributed by atoms with van der Waals surface area (Å²) in [6, 6.07) is 17.9. The summed E-state index contributed by atoms with van der Waals surface area (Å²) in [6.45, 7) is 0.382. The van der Waals surface area contributed by atoms with E-state index in [1.807, 2.05) is 30.3 Å². The number of carbonyl (C=O) groups excluding carboxylic acids is 1. The van der Waals surface area contributed by atoms with Gasteiger partial charge in [-0.25, -0.2) is 0 Å². The van der Waals surface area contributed by atoms with Gasteiger partial charge in [-0.05, 0) is 59.7 Å². The van der Waals surface area contributed by atoms with Crippen molar-refractivity contribution in [1.82, 2.24) is 0 Å². The number of hydrogen-bond acceptors (Lipinski definition) is 4. The molecule has 3 rings (SSSR count).